The summed E-state index contributed by atoms with van der Waals surface area (Å²) in [6, 6.07) is 2.42. The van der Waals surface area contributed by atoms with E-state index in [4.69, 9.17) is 5.41 Å². The van der Waals surface area contributed by atoms with Gasteiger partial charge in [-0.3, -0.25) is 10.2 Å². The largest absolute Gasteiger partial charge is 0.389 e. The lowest BCUT2D eigenvalue weighted by atomic mass is 9.92. The number of fused-ring (bicyclic) bond motifs is 2. The van der Waals surface area contributed by atoms with Gasteiger partial charge in [-0.25, -0.2) is 4.72 Å². The topological polar surface area (TPSA) is 99.1 Å². The lowest BCUT2D eigenvalue weighted by molar-refractivity contribution is -0.118. The van der Waals surface area contributed by atoms with E-state index in [0.717, 1.165) is 50.2 Å². The number of benzene rings is 1. The van der Waals surface area contributed by atoms with E-state index in [2.05, 4.69) is 16.1 Å². The Morgan fingerprint density at radius 2 is 1.74 bits per heavy atom. The summed E-state index contributed by atoms with van der Waals surface area (Å²) in [6.45, 7) is 3.81. The first-order valence-corrected chi connectivity index (χ1v) is 11.0. The van der Waals surface area contributed by atoms with E-state index in [1.807, 2.05) is 13.8 Å². The van der Waals surface area contributed by atoms with Crippen LogP contribution in [-0.4, -0.2) is 25.4 Å². The van der Waals surface area contributed by atoms with Gasteiger partial charge in [0.25, 0.3) is 10.0 Å². The van der Waals surface area contributed by atoms with Crippen LogP contribution in [0.5, 0.6) is 0 Å². The SMILES string of the molecule is CC(C)N/C=C\C(=N)S(=O)(=O)NC(=O)Cc1c2c(cc3c1CCC3)CCC2. The summed E-state index contributed by atoms with van der Waals surface area (Å²) in [6.07, 6.45) is 8.77. The van der Waals surface area contributed by atoms with E-state index in [1.54, 1.807) is 0 Å². The van der Waals surface area contributed by atoms with Gasteiger partial charge >= 0.3 is 0 Å². The molecule has 1 amide bonds. The van der Waals surface area contributed by atoms with Gasteiger partial charge in [-0.15, -0.1) is 0 Å². The van der Waals surface area contributed by atoms with Crippen molar-refractivity contribution in [1.29, 1.82) is 5.41 Å². The third-order valence-corrected chi connectivity index (χ3v) is 6.35. The van der Waals surface area contributed by atoms with Crippen LogP contribution in [0.4, 0.5) is 0 Å². The number of nitrogens with one attached hydrogen (secondary N) is 3. The molecule has 1 aromatic carbocycles. The summed E-state index contributed by atoms with van der Waals surface area (Å²) in [5.74, 6) is -0.570. The van der Waals surface area contributed by atoms with Gasteiger partial charge < -0.3 is 5.32 Å². The minimum atomic E-state index is -4.15. The zero-order valence-corrected chi connectivity index (χ0v) is 16.7. The maximum atomic E-state index is 12.5. The summed E-state index contributed by atoms with van der Waals surface area (Å²) in [4.78, 5) is 12.5. The van der Waals surface area contributed by atoms with E-state index in [9.17, 15) is 13.2 Å². The molecule has 0 radical (unpaired) electrons. The van der Waals surface area contributed by atoms with Gasteiger partial charge in [0.1, 0.15) is 0 Å². The molecule has 0 atom stereocenters. The highest BCUT2D eigenvalue weighted by molar-refractivity contribution is 8.05. The molecule has 1 aromatic rings. The molecule has 6 nitrogen and oxygen atoms in total. The second-order valence-corrected chi connectivity index (χ2v) is 9.21. The number of hydrogen-bond acceptors (Lipinski definition) is 5. The van der Waals surface area contributed by atoms with Crippen molar-refractivity contribution in [2.45, 2.75) is 64.8 Å². The van der Waals surface area contributed by atoms with E-state index >= 15 is 0 Å². The van der Waals surface area contributed by atoms with Gasteiger partial charge in [-0.1, -0.05) is 6.07 Å². The fourth-order valence-electron chi connectivity index (χ4n) is 3.96. The minimum absolute atomic E-state index is 0.0615. The number of sulfonamides is 1. The molecule has 0 saturated heterocycles. The molecule has 3 N–H and O–H groups in total. The average molecular weight is 390 g/mol. The first kappa shape index (κ1) is 19.6. The Bertz CT molecular complexity index is 869. The average Bonchev–Trinajstić information content (AvgIpc) is 3.22. The Labute approximate surface area is 161 Å². The van der Waals surface area contributed by atoms with E-state index in [1.165, 1.54) is 28.5 Å². The first-order valence-electron chi connectivity index (χ1n) is 9.50. The summed E-state index contributed by atoms with van der Waals surface area (Å²) >= 11 is 0. The van der Waals surface area contributed by atoms with Crippen LogP contribution in [0.25, 0.3) is 0 Å². The lowest BCUT2D eigenvalue weighted by Crippen LogP contribution is -2.36. The fourth-order valence-corrected chi connectivity index (χ4v) is 4.68. The molecule has 0 heterocycles. The number of hydrogen-bond donors (Lipinski definition) is 3. The molecule has 0 spiro atoms. The molecular weight excluding hydrogens is 362 g/mol. The smallest absolute Gasteiger partial charge is 0.280 e. The number of rotatable bonds is 5. The highest BCUT2D eigenvalue weighted by Gasteiger charge is 2.26. The van der Waals surface area contributed by atoms with Crippen LogP contribution in [0.2, 0.25) is 0 Å². The Hall–Kier alpha value is -2.15. The van der Waals surface area contributed by atoms with Crippen LogP contribution < -0.4 is 10.0 Å². The Morgan fingerprint density at radius 3 is 2.30 bits per heavy atom. The Kier molecular flexibility index (Phi) is 5.69. The molecule has 3 rings (SSSR count). The lowest BCUT2D eigenvalue weighted by Gasteiger charge is -2.15. The van der Waals surface area contributed by atoms with Gasteiger partial charge in [0.15, 0.2) is 5.04 Å². The third-order valence-electron chi connectivity index (χ3n) is 5.14. The van der Waals surface area contributed by atoms with E-state index in [-0.39, 0.29) is 12.5 Å². The normalized spacial score (nSPS) is 15.8. The third kappa shape index (κ3) is 4.40. The van der Waals surface area contributed by atoms with Crippen LogP contribution in [0.1, 0.15) is 54.5 Å². The number of aryl methyl sites for hydroxylation is 2. The molecule has 0 fully saturated rings. The molecule has 0 unspecified atom stereocenters. The van der Waals surface area contributed by atoms with Crippen molar-refractivity contribution in [1.82, 2.24) is 10.0 Å². The van der Waals surface area contributed by atoms with Crippen LogP contribution in [0.3, 0.4) is 0 Å². The van der Waals surface area contributed by atoms with Gasteiger partial charge in [0.2, 0.25) is 5.91 Å². The maximum Gasteiger partial charge on any atom is 0.280 e. The van der Waals surface area contributed by atoms with Gasteiger partial charge in [0.05, 0.1) is 6.42 Å². The Morgan fingerprint density at radius 1 is 1.15 bits per heavy atom. The van der Waals surface area contributed by atoms with Crippen molar-refractivity contribution >= 4 is 21.0 Å². The first-order chi connectivity index (χ1) is 12.8. The molecule has 146 valence electrons. The van der Waals surface area contributed by atoms with Crippen molar-refractivity contribution in [3.05, 3.63) is 46.2 Å². The van der Waals surface area contributed by atoms with Crippen LogP contribution in [0.15, 0.2) is 18.3 Å². The molecule has 0 aliphatic heterocycles. The monoisotopic (exact) mass is 389 g/mol. The van der Waals surface area contributed by atoms with E-state index in [0.29, 0.717) is 0 Å². The molecule has 2 aliphatic rings. The summed E-state index contributed by atoms with van der Waals surface area (Å²) < 4.78 is 26.5. The van der Waals surface area contributed by atoms with Crippen LogP contribution in [0, 0.1) is 5.41 Å². The van der Waals surface area contributed by atoms with Crippen molar-refractivity contribution in [3.63, 3.8) is 0 Å². The minimum Gasteiger partial charge on any atom is -0.389 e. The van der Waals surface area contributed by atoms with Crippen molar-refractivity contribution < 1.29 is 13.2 Å². The molecule has 27 heavy (non-hydrogen) atoms. The number of carbonyl (C=O) groups is 1. The predicted octanol–water partition coefficient (Wildman–Crippen LogP) is 2.14. The maximum absolute atomic E-state index is 12.5. The second-order valence-electron chi connectivity index (χ2n) is 7.56. The van der Waals surface area contributed by atoms with Crippen molar-refractivity contribution in [3.8, 4) is 0 Å². The molecule has 2 aliphatic carbocycles. The summed E-state index contributed by atoms with van der Waals surface area (Å²) in [5.41, 5.74) is 6.13. The van der Waals surface area contributed by atoms with Gasteiger partial charge in [-0.2, -0.15) is 8.42 Å². The molecule has 0 saturated carbocycles. The molecule has 0 bridgehead atoms. The van der Waals surface area contributed by atoms with Crippen molar-refractivity contribution in [2.75, 3.05) is 0 Å². The summed E-state index contributed by atoms with van der Waals surface area (Å²) in [5, 5.41) is 9.99. The Balaban J connectivity index is 1.73. The van der Waals surface area contributed by atoms with Gasteiger partial charge in [0, 0.05) is 6.04 Å². The van der Waals surface area contributed by atoms with Gasteiger partial charge in [-0.05, 0) is 92.5 Å². The standard InChI is InChI=1S/C20H27N3O3S/c1-13(2)22-10-9-19(21)27(25,26)23-20(24)12-18-16-7-3-5-14(16)11-15-6-4-8-17(15)18/h9-11,13,21-22H,3-8,12H2,1-2H3,(H,23,24)/b10-9-,21-19?. The quantitative estimate of drug-likeness (QED) is 0.531. The zero-order valence-electron chi connectivity index (χ0n) is 15.9. The molecular formula is C20H27N3O3S. The number of amides is 1. The predicted molar refractivity (Wildman–Crippen MR) is 106 cm³/mol. The second kappa shape index (κ2) is 7.84. The van der Waals surface area contributed by atoms with Crippen LogP contribution >= 0.6 is 0 Å². The highest BCUT2D eigenvalue weighted by Crippen LogP contribution is 2.35. The van der Waals surface area contributed by atoms with E-state index < -0.39 is 21.0 Å². The van der Waals surface area contributed by atoms with Crippen LogP contribution in [-0.2, 0) is 46.9 Å². The fraction of sp³-hybridized carbons (Fsp3) is 0.500. The van der Waals surface area contributed by atoms with Crippen molar-refractivity contribution in [2.24, 2.45) is 0 Å². The highest BCUT2D eigenvalue weighted by atomic mass is 32.2. The summed E-state index contributed by atoms with van der Waals surface area (Å²) in [7, 11) is -4.15. The number of carbonyl (C=O) groups excluding carboxylic acids is 1. The zero-order chi connectivity index (χ0) is 19.6. The molecule has 7 heteroatoms. The molecule has 0 aromatic heterocycles.